The van der Waals surface area contributed by atoms with Gasteiger partial charge in [-0.15, -0.1) is 0 Å². The molecule has 0 aliphatic carbocycles. The molecule has 3 rings (SSSR count). The summed E-state index contributed by atoms with van der Waals surface area (Å²) >= 11 is 0. The SMILES string of the molecule is OC(CC1CN(CCc2ccc(F)cc2F)C1)c1ccccc1. The van der Waals surface area contributed by atoms with Gasteiger partial charge in [0.25, 0.3) is 0 Å². The summed E-state index contributed by atoms with van der Waals surface area (Å²) < 4.78 is 26.4. The molecule has 2 aromatic carbocycles. The van der Waals surface area contributed by atoms with E-state index in [4.69, 9.17) is 0 Å². The van der Waals surface area contributed by atoms with E-state index >= 15 is 0 Å². The maximum Gasteiger partial charge on any atom is 0.129 e. The topological polar surface area (TPSA) is 23.5 Å². The van der Waals surface area contributed by atoms with E-state index in [-0.39, 0.29) is 0 Å². The number of benzene rings is 2. The molecule has 1 heterocycles. The number of halogens is 2. The maximum atomic E-state index is 13.6. The van der Waals surface area contributed by atoms with E-state index in [9.17, 15) is 13.9 Å². The molecular weight excluding hydrogens is 296 g/mol. The van der Waals surface area contributed by atoms with Gasteiger partial charge in [-0.1, -0.05) is 36.4 Å². The van der Waals surface area contributed by atoms with Gasteiger partial charge in [0.05, 0.1) is 6.10 Å². The molecule has 1 aliphatic rings. The fraction of sp³-hybridized carbons (Fsp3) is 0.368. The summed E-state index contributed by atoms with van der Waals surface area (Å²) in [7, 11) is 0. The number of rotatable bonds is 6. The van der Waals surface area contributed by atoms with Crippen molar-refractivity contribution < 1.29 is 13.9 Å². The molecule has 1 unspecified atom stereocenters. The predicted molar refractivity (Wildman–Crippen MR) is 86.0 cm³/mol. The van der Waals surface area contributed by atoms with Crippen molar-refractivity contribution in [2.75, 3.05) is 19.6 Å². The van der Waals surface area contributed by atoms with E-state index in [1.165, 1.54) is 12.1 Å². The first-order chi connectivity index (χ1) is 11.1. The van der Waals surface area contributed by atoms with Crippen molar-refractivity contribution in [3.05, 3.63) is 71.3 Å². The lowest BCUT2D eigenvalue weighted by Crippen LogP contribution is -2.47. The minimum atomic E-state index is -0.537. The Bertz CT molecular complexity index is 641. The molecule has 1 N–H and O–H groups in total. The number of nitrogens with zero attached hydrogens (tertiary/aromatic N) is 1. The third-order valence-corrected chi connectivity index (χ3v) is 4.49. The lowest BCUT2D eigenvalue weighted by Gasteiger charge is -2.40. The van der Waals surface area contributed by atoms with Gasteiger partial charge >= 0.3 is 0 Å². The summed E-state index contributed by atoms with van der Waals surface area (Å²) in [4.78, 5) is 2.24. The summed E-state index contributed by atoms with van der Waals surface area (Å²) in [6.45, 7) is 2.61. The average Bonchev–Trinajstić information content (AvgIpc) is 2.51. The normalized spacial score (nSPS) is 17.0. The summed E-state index contributed by atoms with van der Waals surface area (Å²) in [6.07, 6.45) is 0.920. The molecule has 0 aromatic heterocycles. The first-order valence-electron chi connectivity index (χ1n) is 8.01. The fourth-order valence-electron chi connectivity index (χ4n) is 3.14. The van der Waals surface area contributed by atoms with Crippen molar-refractivity contribution in [2.45, 2.75) is 18.9 Å². The van der Waals surface area contributed by atoms with Crippen LogP contribution in [0.15, 0.2) is 48.5 Å². The summed E-state index contributed by atoms with van der Waals surface area (Å²) in [5.41, 5.74) is 1.51. The minimum absolute atomic E-state index is 0.419. The van der Waals surface area contributed by atoms with Crippen LogP contribution in [0.1, 0.15) is 23.7 Å². The molecule has 122 valence electrons. The second-order valence-electron chi connectivity index (χ2n) is 6.27. The van der Waals surface area contributed by atoms with Gasteiger partial charge in [0.1, 0.15) is 11.6 Å². The molecular formula is C19H21F2NO. The number of aliphatic hydroxyl groups excluding tert-OH is 1. The molecule has 0 amide bonds. The highest BCUT2D eigenvalue weighted by Gasteiger charge is 2.28. The zero-order valence-corrected chi connectivity index (χ0v) is 13.0. The standard InChI is InChI=1S/C19H21F2NO/c20-17-7-6-15(18(21)11-17)8-9-22-12-14(13-22)10-19(23)16-4-2-1-3-5-16/h1-7,11,14,19,23H,8-10,12-13H2. The largest absolute Gasteiger partial charge is 0.388 e. The van der Waals surface area contributed by atoms with Gasteiger partial charge in [-0.05, 0) is 36.0 Å². The highest BCUT2D eigenvalue weighted by Crippen LogP contribution is 2.27. The molecule has 1 aliphatic heterocycles. The monoisotopic (exact) mass is 317 g/mol. The second-order valence-corrected chi connectivity index (χ2v) is 6.27. The van der Waals surface area contributed by atoms with Gasteiger partial charge in [0.2, 0.25) is 0 Å². The van der Waals surface area contributed by atoms with Crippen molar-refractivity contribution in [3.63, 3.8) is 0 Å². The number of likely N-dealkylation sites (tertiary alicyclic amines) is 1. The lowest BCUT2D eigenvalue weighted by atomic mass is 9.90. The Morgan fingerprint density at radius 2 is 1.83 bits per heavy atom. The summed E-state index contributed by atoms with van der Waals surface area (Å²) in [6, 6.07) is 13.4. The van der Waals surface area contributed by atoms with Crippen LogP contribution in [0.3, 0.4) is 0 Å². The Hall–Kier alpha value is -1.78. The number of hydrogen-bond acceptors (Lipinski definition) is 2. The summed E-state index contributed by atoms with van der Waals surface area (Å²) in [5, 5.41) is 10.2. The molecule has 23 heavy (non-hydrogen) atoms. The van der Waals surface area contributed by atoms with Crippen LogP contribution in [-0.4, -0.2) is 29.6 Å². The third kappa shape index (κ3) is 4.15. The van der Waals surface area contributed by atoms with Crippen molar-refractivity contribution in [1.29, 1.82) is 0 Å². The molecule has 0 bridgehead atoms. The smallest absolute Gasteiger partial charge is 0.129 e. The van der Waals surface area contributed by atoms with E-state index in [2.05, 4.69) is 4.90 Å². The van der Waals surface area contributed by atoms with Crippen LogP contribution in [0.2, 0.25) is 0 Å². The van der Waals surface area contributed by atoms with Crippen molar-refractivity contribution in [3.8, 4) is 0 Å². The first-order valence-corrected chi connectivity index (χ1v) is 8.01. The molecule has 0 spiro atoms. The maximum absolute atomic E-state index is 13.6. The van der Waals surface area contributed by atoms with Gasteiger partial charge in [-0.2, -0.15) is 0 Å². The first kappa shape index (κ1) is 16.1. The molecule has 1 atom stereocenters. The number of hydrogen-bond donors (Lipinski definition) is 1. The van der Waals surface area contributed by atoms with Crippen LogP contribution < -0.4 is 0 Å². The Morgan fingerprint density at radius 1 is 1.09 bits per heavy atom. The van der Waals surface area contributed by atoms with Gasteiger partial charge in [-0.3, -0.25) is 0 Å². The lowest BCUT2D eigenvalue weighted by molar-refractivity contribution is 0.0499. The molecule has 2 aromatic rings. The van der Waals surface area contributed by atoms with Crippen LogP contribution in [0, 0.1) is 17.6 Å². The fourth-order valence-corrected chi connectivity index (χ4v) is 3.14. The second kappa shape index (κ2) is 7.20. The van der Waals surface area contributed by atoms with Crippen molar-refractivity contribution >= 4 is 0 Å². The van der Waals surface area contributed by atoms with Gasteiger partial charge in [-0.25, -0.2) is 8.78 Å². The average molecular weight is 317 g/mol. The van der Waals surface area contributed by atoms with Crippen LogP contribution in [0.4, 0.5) is 8.78 Å². The molecule has 0 saturated carbocycles. The molecule has 1 saturated heterocycles. The van der Waals surface area contributed by atoms with Crippen LogP contribution in [0.25, 0.3) is 0 Å². The zero-order valence-electron chi connectivity index (χ0n) is 13.0. The Labute approximate surface area is 135 Å². The van der Waals surface area contributed by atoms with Crippen molar-refractivity contribution in [1.82, 2.24) is 4.90 Å². The summed E-state index contributed by atoms with van der Waals surface area (Å²) in [5.74, 6) is -0.532. The van der Waals surface area contributed by atoms with E-state index in [1.807, 2.05) is 30.3 Å². The zero-order chi connectivity index (χ0) is 16.2. The molecule has 1 fully saturated rings. The van der Waals surface area contributed by atoms with E-state index in [0.717, 1.165) is 37.7 Å². The minimum Gasteiger partial charge on any atom is -0.388 e. The highest BCUT2D eigenvalue weighted by atomic mass is 19.1. The highest BCUT2D eigenvalue weighted by molar-refractivity contribution is 5.19. The van der Waals surface area contributed by atoms with Crippen LogP contribution in [-0.2, 0) is 6.42 Å². The van der Waals surface area contributed by atoms with Crippen LogP contribution >= 0.6 is 0 Å². The van der Waals surface area contributed by atoms with Gasteiger partial charge in [0, 0.05) is 25.7 Å². The molecule has 2 nitrogen and oxygen atoms in total. The Kier molecular flexibility index (Phi) is 5.03. The van der Waals surface area contributed by atoms with E-state index in [1.54, 1.807) is 0 Å². The molecule has 4 heteroatoms. The van der Waals surface area contributed by atoms with Crippen molar-refractivity contribution in [2.24, 2.45) is 5.92 Å². The van der Waals surface area contributed by atoms with Crippen LogP contribution in [0.5, 0.6) is 0 Å². The van der Waals surface area contributed by atoms with Gasteiger partial charge in [0.15, 0.2) is 0 Å². The van der Waals surface area contributed by atoms with E-state index in [0.29, 0.717) is 17.9 Å². The van der Waals surface area contributed by atoms with E-state index < -0.39 is 17.7 Å². The quantitative estimate of drug-likeness (QED) is 0.880. The third-order valence-electron chi connectivity index (χ3n) is 4.49. The Balaban J connectivity index is 1.41. The Morgan fingerprint density at radius 3 is 2.52 bits per heavy atom. The van der Waals surface area contributed by atoms with Gasteiger partial charge < -0.3 is 10.0 Å². The molecule has 0 radical (unpaired) electrons. The number of aliphatic hydroxyl groups is 1. The predicted octanol–water partition coefficient (Wildman–Crippen LogP) is 3.56.